The van der Waals surface area contributed by atoms with Crippen molar-refractivity contribution in [3.8, 4) is 5.75 Å². The van der Waals surface area contributed by atoms with Crippen LogP contribution in [-0.4, -0.2) is 38.0 Å². The average Bonchev–Trinajstić information content (AvgIpc) is 2.68. The van der Waals surface area contributed by atoms with E-state index in [2.05, 4.69) is 10.6 Å². The third kappa shape index (κ3) is 6.63. The van der Waals surface area contributed by atoms with Gasteiger partial charge >= 0.3 is 5.97 Å². The van der Waals surface area contributed by atoms with Crippen molar-refractivity contribution < 1.29 is 23.9 Å². The van der Waals surface area contributed by atoms with Gasteiger partial charge in [-0.2, -0.15) is 0 Å². The lowest BCUT2D eigenvalue weighted by atomic mass is 10.2. The van der Waals surface area contributed by atoms with E-state index in [4.69, 9.17) is 21.1 Å². The van der Waals surface area contributed by atoms with Crippen LogP contribution in [0.5, 0.6) is 5.75 Å². The molecule has 8 heteroatoms. The highest BCUT2D eigenvalue weighted by Crippen LogP contribution is 2.16. The highest BCUT2D eigenvalue weighted by atomic mass is 35.5. The normalized spacial score (nSPS) is 10.0. The topological polar surface area (TPSA) is 93.7 Å². The first kappa shape index (κ1) is 20.3. The fraction of sp³-hybridized carbons (Fsp3) is 0.211. The second-order valence-electron chi connectivity index (χ2n) is 5.42. The van der Waals surface area contributed by atoms with E-state index in [0.29, 0.717) is 22.0 Å². The summed E-state index contributed by atoms with van der Waals surface area (Å²) in [7, 11) is 1.47. The third-order valence-corrected chi connectivity index (χ3v) is 3.71. The molecule has 0 unspecified atom stereocenters. The summed E-state index contributed by atoms with van der Waals surface area (Å²) in [4.78, 5) is 35.5. The highest BCUT2D eigenvalue weighted by molar-refractivity contribution is 6.30. The van der Waals surface area contributed by atoms with E-state index in [1.807, 2.05) is 0 Å². The van der Waals surface area contributed by atoms with Crippen LogP contribution in [0.4, 0.5) is 5.69 Å². The maximum atomic E-state index is 12.1. The predicted molar refractivity (Wildman–Crippen MR) is 101 cm³/mol. The highest BCUT2D eigenvalue weighted by Gasteiger charge is 2.12. The molecule has 0 aliphatic heterocycles. The Morgan fingerprint density at radius 1 is 1.04 bits per heavy atom. The maximum absolute atomic E-state index is 12.1. The number of halogens is 1. The largest absolute Gasteiger partial charge is 0.496 e. The maximum Gasteiger partial charge on any atom is 0.308 e. The lowest BCUT2D eigenvalue weighted by Crippen LogP contribution is -2.28. The molecule has 0 atom stereocenters. The van der Waals surface area contributed by atoms with Crippen molar-refractivity contribution in [3.05, 3.63) is 59.1 Å². The number of esters is 1. The molecule has 0 saturated heterocycles. The monoisotopic (exact) mass is 390 g/mol. The Labute approximate surface area is 161 Å². The van der Waals surface area contributed by atoms with Crippen LogP contribution < -0.4 is 15.4 Å². The van der Waals surface area contributed by atoms with E-state index in [-0.39, 0.29) is 18.9 Å². The summed E-state index contributed by atoms with van der Waals surface area (Å²) in [5, 5.41) is 5.73. The fourth-order valence-electron chi connectivity index (χ4n) is 2.15. The van der Waals surface area contributed by atoms with E-state index in [1.54, 1.807) is 48.5 Å². The molecule has 2 rings (SSSR count). The second kappa shape index (κ2) is 10.2. The Morgan fingerprint density at radius 2 is 1.74 bits per heavy atom. The number of methoxy groups -OCH3 is 1. The Morgan fingerprint density at radius 3 is 2.44 bits per heavy atom. The number of anilines is 1. The molecule has 27 heavy (non-hydrogen) atoms. The molecular weight excluding hydrogens is 372 g/mol. The molecule has 2 N–H and O–H groups in total. The Balaban J connectivity index is 1.69. The van der Waals surface area contributed by atoms with Crippen LogP contribution in [0.2, 0.25) is 5.02 Å². The average molecular weight is 391 g/mol. The van der Waals surface area contributed by atoms with Crippen molar-refractivity contribution in [1.29, 1.82) is 0 Å². The van der Waals surface area contributed by atoms with E-state index in [0.717, 1.165) is 0 Å². The first-order valence-electron chi connectivity index (χ1n) is 8.12. The Kier molecular flexibility index (Phi) is 7.63. The third-order valence-electron chi connectivity index (χ3n) is 3.46. The molecule has 0 saturated carbocycles. The molecular formula is C19H19ClN2O5. The van der Waals surface area contributed by atoms with Gasteiger partial charge in [0.05, 0.1) is 19.1 Å². The number of rotatable bonds is 8. The number of amides is 2. The second-order valence-corrected chi connectivity index (χ2v) is 5.86. The molecule has 0 spiro atoms. The first-order valence-corrected chi connectivity index (χ1v) is 8.49. The minimum Gasteiger partial charge on any atom is -0.496 e. The summed E-state index contributed by atoms with van der Waals surface area (Å²) in [6.07, 6.45) is -0.0604. The number of benzene rings is 2. The summed E-state index contributed by atoms with van der Waals surface area (Å²) < 4.78 is 9.99. The van der Waals surface area contributed by atoms with Crippen molar-refractivity contribution in [2.45, 2.75) is 6.42 Å². The van der Waals surface area contributed by atoms with Crippen LogP contribution in [0.3, 0.4) is 0 Å². The fourth-order valence-corrected chi connectivity index (χ4v) is 2.28. The molecule has 2 aromatic carbocycles. The number of hydrogen-bond acceptors (Lipinski definition) is 5. The summed E-state index contributed by atoms with van der Waals surface area (Å²) in [5.74, 6) is -0.984. The summed E-state index contributed by atoms with van der Waals surface area (Å²) in [6.45, 7) is -0.337. The van der Waals surface area contributed by atoms with Gasteiger partial charge in [-0.3, -0.25) is 14.4 Å². The molecule has 142 valence electrons. The minimum absolute atomic E-state index is 0.0604. The number of ether oxygens (including phenoxy) is 2. The number of carbonyl (C=O) groups is 3. The smallest absolute Gasteiger partial charge is 0.308 e. The van der Waals surface area contributed by atoms with Gasteiger partial charge in [0.2, 0.25) is 0 Å². The summed E-state index contributed by atoms with van der Waals surface area (Å²) in [6, 6.07) is 13.3. The van der Waals surface area contributed by atoms with E-state index in [9.17, 15) is 14.4 Å². The van der Waals surface area contributed by atoms with Crippen LogP contribution >= 0.6 is 11.6 Å². The van der Waals surface area contributed by atoms with Crippen LogP contribution in [0.25, 0.3) is 0 Å². The zero-order chi connectivity index (χ0) is 19.6. The molecule has 0 heterocycles. The number of hydrogen-bond donors (Lipinski definition) is 2. The van der Waals surface area contributed by atoms with Gasteiger partial charge in [0, 0.05) is 17.3 Å². The molecule has 0 aliphatic carbocycles. The van der Waals surface area contributed by atoms with Gasteiger partial charge in [-0.05, 0) is 36.4 Å². The molecule has 2 amide bonds. The molecule has 2 aromatic rings. The zero-order valence-corrected chi connectivity index (χ0v) is 15.4. The number of carbonyl (C=O) groups excluding carboxylic acids is 3. The van der Waals surface area contributed by atoms with Gasteiger partial charge in [0.25, 0.3) is 11.8 Å². The van der Waals surface area contributed by atoms with Gasteiger partial charge in [0.1, 0.15) is 5.75 Å². The molecule has 0 fully saturated rings. The molecule has 7 nitrogen and oxygen atoms in total. The van der Waals surface area contributed by atoms with E-state index < -0.39 is 18.5 Å². The SMILES string of the molecule is COc1ccccc1C(=O)NCCC(=O)OCC(=O)Nc1ccc(Cl)cc1. The minimum atomic E-state index is -0.596. The van der Waals surface area contributed by atoms with Gasteiger partial charge in [-0.1, -0.05) is 23.7 Å². The Bertz CT molecular complexity index is 808. The zero-order valence-electron chi connectivity index (χ0n) is 14.7. The lowest BCUT2D eigenvalue weighted by molar-refractivity contribution is -0.147. The summed E-state index contributed by atoms with van der Waals surface area (Å²) >= 11 is 5.76. The van der Waals surface area contributed by atoms with Crippen LogP contribution in [0.15, 0.2) is 48.5 Å². The summed E-state index contributed by atoms with van der Waals surface area (Å²) in [5.41, 5.74) is 0.917. The quantitative estimate of drug-likeness (QED) is 0.676. The van der Waals surface area contributed by atoms with Gasteiger partial charge in [0.15, 0.2) is 6.61 Å². The molecule has 0 radical (unpaired) electrons. The number of para-hydroxylation sites is 1. The van der Waals surface area contributed by atoms with Gasteiger partial charge < -0.3 is 20.1 Å². The lowest BCUT2D eigenvalue weighted by Gasteiger charge is -2.09. The first-order chi connectivity index (χ1) is 13.0. The van der Waals surface area contributed by atoms with Crippen LogP contribution in [0, 0.1) is 0 Å². The van der Waals surface area contributed by atoms with Crippen molar-refractivity contribution >= 4 is 35.1 Å². The molecule has 0 aliphatic rings. The standard InChI is InChI=1S/C19H19ClN2O5/c1-26-16-5-3-2-4-15(16)19(25)21-11-10-18(24)27-12-17(23)22-14-8-6-13(20)7-9-14/h2-9H,10-12H2,1H3,(H,21,25)(H,22,23). The van der Waals surface area contributed by atoms with E-state index in [1.165, 1.54) is 7.11 Å². The predicted octanol–water partition coefficient (Wildman–Crippen LogP) is 2.65. The van der Waals surface area contributed by atoms with Gasteiger partial charge in [-0.15, -0.1) is 0 Å². The van der Waals surface area contributed by atoms with Crippen LogP contribution in [-0.2, 0) is 14.3 Å². The molecule has 0 aromatic heterocycles. The van der Waals surface area contributed by atoms with E-state index >= 15 is 0 Å². The van der Waals surface area contributed by atoms with Crippen molar-refractivity contribution in [2.24, 2.45) is 0 Å². The van der Waals surface area contributed by atoms with Crippen molar-refractivity contribution in [1.82, 2.24) is 5.32 Å². The van der Waals surface area contributed by atoms with Crippen molar-refractivity contribution in [3.63, 3.8) is 0 Å². The number of nitrogens with one attached hydrogen (secondary N) is 2. The Hall–Kier alpha value is -3.06. The molecule has 0 bridgehead atoms. The van der Waals surface area contributed by atoms with Crippen LogP contribution in [0.1, 0.15) is 16.8 Å². The van der Waals surface area contributed by atoms with Crippen molar-refractivity contribution in [2.75, 3.05) is 25.6 Å². The van der Waals surface area contributed by atoms with Gasteiger partial charge in [-0.25, -0.2) is 0 Å².